The normalized spacial score (nSPS) is 11.2. The smallest absolute Gasteiger partial charge is 0.326 e. The molecular formula is C18H12BO. The van der Waals surface area contributed by atoms with Crippen molar-refractivity contribution in [1.82, 2.24) is 0 Å². The lowest BCUT2D eigenvalue weighted by Gasteiger charge is -2.10. The van der Waals surface area contributed by atoms with Crippen LogP contribution in [0.2, 0.25) is 0 Å². The molecule has 0 unspecified atom stereocenters. The molecule has 0 aliphatic heterocycles. The summed E-state index contributed by atoms with van der Waals surface area (Å²) in [6, 6.07) is 23.0. The van der Waals surface area contributed by atoms with Crippen molar-refractivity contribution in [3.05, 3.63) is 66.7 Å². The van der Waals surface area contributed by atoms with Gasteiger partial charge >= 0.3 is 7.48 Å². The van der Waals surface area contributed by atoms with E-state index in [1.807, 2.05) is 12.1 Å². The van der Waals surface area contributed by atoms with Gasteiger partial charge in [-0.05, 0) is 32.3 Å². The predicted octanol–water partition coefficient (Wildman–Crippen LogP) is 3.38. The molecule has 0 bridgehead atoms. The number of benzene rings is 4. The van der Waals surface area contributed by atoms with Gasteiger partial charge in [-0.1, -0.05) is 72.2 Å². The molecule has 93 valence electrons. The van der Waals surface area contributed by atoms with Crippen LogP contribution >= 0.6 is 0 Å². The number of hydrogen-bond donors (Lipinski definition) is 1. The second-order valence-electron chi connectivity index (χ2n) is 5.03. The van der Waals surface area contributed by atoms with Gasteiger partial charge < -0.3 is 5.02 Å². The average Bonchev–Trinajstić information content (AvgIpc) is 2.54. The van der Waals surface area contributed by atoms with Crippen LogP contribution in [-0.2, 0) is 0 Å². The first-order chi connectivity index (χ1) is 9.88. The standard InChI is InChI=1S/C18H12BO/c20-19-12-9-10-17-15-7-2-1-5-13(15)14-6-3-4-8-16(14)18(17)11-12/h1-11,20H. The maximum atomic E-state index is 9.26. The van der Waals surface area contributed by atoms with Crippen LogP contribution in [0.15, 0.2) is 66.7 Å². The van der Waals surface area contributed by atoms with Crippen molar-refractivity contribution in [3.8, 4) is 0 Å². The van der Waals surface area contributed by atoms with E-state index in [0.717, 1.165) is 12.9 Å². The Hall–Kier alpha value is -2.32. The molecule has 0 aliphatic carbocycles. The molecule has 0 heterocycles. The van der Waals surface area contributed by atoms with Crippen molar-refractivity contribution in [2.45, 2.75) is 0 Å². The molecule has 0 aromatic heterocycles. The van der Waals surface area contributed by atoms with E-state index in [-0.39, 0.29) is 0 Å². The third-order valence-electron chi connectivity index (χ3n) is 3.92. The zero-order valence-electron chi connectivity index (χ0n) is 10.9. The molecule has 1 radical (unpaired) electrons. The third kappa shape index (κ3) is 1.55. The Morgan fingerprint density at radius 2 is 1.00 bits per heavy atom. The Kier molecular flexibility index (Phi) is 2.51. The van der Waals surface area contributed by atoms with Crippen molar-refractivity contribution in [2.75, 3.05) is 0 Å². The highest BCUT2D eigenvalue weighted by Gasteiger charge is 2.08. The fourth-order valence-corrected chi connectivity index (χ4v) is 3.01. The molecule has 0 aliphatic rings. The molecule has 0 saturated carbocycles. The zero-order chi connectivity index (χ0) is 13.5. The third-order valence-corrected chi connectivity index (χ3v) is 3.92. The summed E-state index contributed by atoms with van der Waals surface area (Å²) in [5.74, 6) is 0. The SMILES string of the molecule is O[B]c1ccc2c3ccccc3c3ccccc3c2c1. The van der Waals surface area contributed by atoms with Crippen LogP contribution in [0.3, 0.4) is 0 Å². The molecule has 0 saturated heterocycles. The van der Waals surface area contributed by atoms with Crippen LogP contribution < -0.4 is 5.46 Å². The van der Waals surface area contributed by atoms with Gasteiger partial charge in [0.2, 0.25) is 0 Å². The summed E-state index contributed by atoms with van der Waals surface area (Å²) in [6.07, 6.45) is 0. The van der Waals surface area contributed by atoms with Crippen molar-refractivity contribution < 1.29 is 5.02 Å². The molecule has 4 aromatic rings. The Morgan fingerprint density at radius 1 is 0.550 bits per heavy atom. The number of hydrogen-bond acceptors (Lipinski definition) is 1. The maximum Gasteiger partial charge on any atom is 0.326 e. The topological polar surface area (TPSA) is 20.2 Å². The largest absolute Gasteiger partial charge is 0.450 e. The maximum absolute atomic E-state index is 9.26. The Bertz CT molecular complexity index is 908. The fraction of sp³-hybridized carbons (Fsp3) is 0. The fourth-order valence-electron chi connectivity index (χ4n) is 3.01. The molecule has 0 atom stereocenters. The molecule has 0 amide bonds. The molecule has 4 rings (SSSR count). The van der Waals surface area contributed by atoms with E-state index in [1.165, 1.54) is 32.3 Å². The molecular weight excluding hydrogens is 243 g/mol. The summed E-state index contributed by atoms with van der Waals surface area (Å²) in [4.78, 5) is 0. The monoisotopic (exact) mass is 255 g/mol. The molecule has 20 heavy (non-hydrogen) atoms. The first-order valence-corrected chi connectivity index (χ1v) is 6.69. The molecule has 2 heteroatoms. The van der Waals surface area contributed by atoms with Crippen LogP contribution in [-0.4, -0.2) is 12.5 Å². The van der Waals surface area contributed by atoms with E-state index < -0.39 is 0 Å². The second kappa shape index (κ2) is 4.36. The van der Waals surface area contributed by atoms with Gasteiger partial charge in [0, 0.05) is 0 Å². The minimum absolute atomic E-state index is 0.831. The first-order valence-electron chi connectivity index (χ1n) is 6.69. The van der Waals surface area contributed by atoms with Crippen LogP contribution in [0.5, 0.6) is 0 Å². The van der Waals surface area contributed by atoms with Gasteiger partial charge in [-0.15, -0.1) is 0 Å². The number of rotatable bonds is 1. The van der Waals surface area contributed by atoms with Crippen LogP contribution in [0.4, 0.5) is 0 Å². The van der Waals surface area contributed by atoms with E-state index in [0.29, 0.717) is 0 Å². The van der Waals surface area contributed by atoms with Crippen LogP contribution in [0.25, 0.3) is 32.3 Å². The summed E-state index contributed by atoms with van der Waals surface area (Å²) in [6.45, 7) is 0. The molecule has 0 fully saturated rings. The summed E-state index contributed by atoms with van der Waals surface area (Å²) < 4.78 is 0. The van der Waals surface area contributed by atoms with Crippen molar-refractivity contribution in [2.24, 2.45) is 0 Å². The number of fused-ring (bicyclic) bond motifs is 6. The lowest BCUT2D eigenvalue weighted by atomic mass is 9.85. The van der Waals surface area contributed by atoms with Crippen molar-refractivity contribution >= 4 is 45.3 Å². The highest BCUT2D eigenvalue weighted by molar-refractivity contribution is 6.46. The Balaban J connectivity index is 2.35. The average molecular weight is 255 g/mol. The van der Waals surface area contributed by atoms with E-state index in [4.69, 9.17) is 0 Å². The van der Waals surface area contributed by atoms with E-state index in [9.17, 15) is 5.02 Å². The molecule has 4 aromatic carbocycles. The van der Waals surface area contributed by atoms with Crippen molar-refractivity contribution in [3.63, 3.8) is 0 Å². The summed E-state index contributed by atoms with van der Waals surface area (Å²) in [7, 11) is 1.16. The van der Waals surface area contributed by atoms with Gasteiger partial charge in [0.1, 0.15) is 0 Å². The van der Waals surface area contributed by atoms with Crippen LogP contribution in [0, 0.1) is 0 Å². The van der Waals surface area contributed by atoms with Gasteiger partial charge in [0.15, 0.2) is 0 Å². The van der Waals surface area contributed by atoms with Gasteiger partial charge in [0.05, 0.1) is 0 Å². The summed E-state index contributed by atoms with van der Waals surface area (Å²) >= 11 is 0. The minimum atomic E-state index is 0.831. The Labute approximate surface area is 117 Å². The van der Waals surface area contributed by atoms with Gasteiger partial charge in [-0.3, -0.25) is 0 Å². The predicted molar refractivity (Wildman–Crippen MR) is 86.6 cm³/mol. The lowest BCUT2D eigenvalue weighted by molar-refractivity contribution is 0.615. The summed E-state index contributed by atoms with van der Waals surface area (Å²) in [5, 5.41) is 16.7. The quantitative estimate of drug-likeness (QED) is 0.408. The van der Waals surface area contributed by atoms with Gasteiger partial charge in [-0.25, -0.2) is 0 Å². The van der Waals surface area contributed by atoms with Gasteiger partial charge in [-0.2, -0.15) is 0 Å². The first kappa shape index (κ1) is 11.5. The zero-order valence-corrected chi connectivity index (χ0v) is 10.9. The summed E-state index contributed by atoms with van der Waals surface area (Å²) in [5.41, 5.74) is 0.831. The molecule has 1 N–H and O–H groups in total. The molecule has 0 spiro atoms. The highest BCUT2D eigenvalue weighted by atomic mass is 16.2. The lowest BCUT2D eigenvalue weighted by Crippen LogP contribution is -2.12. The van der Waals surface area contributed by atoms with E-state index >= 15 is 0 Å². The van der Waals surface area contributed by atoms with E-state index in [1.54, 1.807) is 0 Å². The Morgan fingerprint density at radius 3 is 1.50 bits per heavy atom. The molecule has 1 nitrogen and oxygen atoms in total. The highest BCUT2D eigenvalue weighted by Crippen LogP contribution is 2.34. The van der Waals surface area contributed by atoms with Crippen LogP contribution in [0.1, 0.15) is 0 Å². The minimum Gasteiger partial charge on any atom is -0.450 e. The van der Waals surface area contributed by atoms with E-state index in [2.05, 4.69) is 54.6 Å². The van der Waals surface area contributed by atoms with Crippen molar-refractivity contribution in [1.29, 1.82) is 0 Å². The second-order valence-corrected chi connectivity index (χ2v) is 5.03. The van der Waals surface area contributed by atoms with Gasteiger partial charge in [0.25, 0.3) is 0 Å².